The number of ether oxygens (including phenoxy) is 1. The predicted octanol–water partition coefficient (Wildman–Crippen LogP) is 5.14. The highest BCUT2D eigenvalue weighted by Gasteiger charge is 2.45. The lowest BCUT2D eigenvalue weighted by Gasteiger charge is -2.36. The van der Waals surface area contributed by atoms with E-state index in [4.69, 9.17) is 9.73 Å². The maximum Gasteiger partial charge on any atom is 0.315 e. The van der Waals surface area contributed by atoms with Gasteiger partial charge in [0.05, 0.1) is 0 Å². The van der Waals surface area contributed by atoms with Gasteiger partial charge in [-0.25, -0.2) is 0 Å². The van der Waals surface area contributed by atoms with Crippen molar-refractivity contribution in [2.75, 3.05) is 0 Å². The predicted molar refractivity (Wildman–Crippen MR) is 122 cm³/mol. The summed E-state index contributed by atoms with van der Waals surface area (Å²) in [5.74, 6) is -1.02. The number of ketones is 1. The Labute approximate surface area is 188 Å². The molecule has 1 aromatic heterocycles. The number of allylic oxidation sites excluding steroid dienone is 2. The van der Waals surface area contributed by atoms with Gasteiger partial charge < -0.3 is 4.74 Å². The Bertz CT molecular complexity index is 1070. The van der Waals surface area contributed by atoms with Crippen LogP contribution in [0.4, 0.5) is 0 Å². The normalized spacial score (nSPS) is 26.0. The van der Waals surface area contributed by atoms with Gasteiger partial charge in [-0.1, -0.05) is 30.3 Å². The number of hydrogen-bond acceptors (Lipinski definition) is 5. The van der Waals surface area contributed by atoms with E-state index in [9.17, 15) is 9.59 Å². The fourth-order valence-electron chi connectivity index (χ4n) is 5.50. The minimum atomic E-state index is -0.575. The van der Waals surface area contributed by atoms with Crippen LogP contribution < -0.4 is 0 Å². The van der Waals surface area contributed by atoms with E-state index >= 15 is 0 Å². The van der Waals surface area contributed by atoms with E-state index in [2.05, 4.69) is 17.1 Å². The Hall–Kier alpha value is -3.08. The number of aromatic nitrogens is 1. The van der Waals surface area contributed by atoms with E-state index in [0.29, 0.717) is 18.4 Å². The summed E-state index contributed by atoms with van der Waals surface area (Å²) in [6.07, 6.45) is 8.58. The molecule has 0 bridgehead atoms. The van der Waals surface area contributed by atoms with Crippen LogP contribution in [0.25, 0.3) is 0 Å². The van der Waals surface area contributed by atoms with Crippen molar-refractivity contribution >= 4 is 17.5 Å². The van der Waals surface area contributed by atoms with Crippen LogP contribution in [0, 0.1) is 5.92 Å². The van der Waals surface area contributed by atoms with E-state index in [1.54, 1.807) is 12.4 Å². The van der Waals surface area contributed by atoms with Crippen LogP contribution in [-0.2, 0) is 14.3 Å². The number of nitrogens with zero attached hydrogens (tertiary/aromatic N) is 2. The lowest BCUT2D eigenvalue weighted by atomic mass is 9.69. The van der Waals surface area contributed by atoms with Gasteiger partial charge in [0, 0.05) is 41.7 Å². The van der Waals surface area contributed by atoms with E-state index < -0.39 is 5.92 Å². The van der Waals surface area contributed by atoms with Crippen molar-refractivity contribution in [2.45, 2.75) is 63.4 Å². The molecule has 1 unspecified atom stereocenters. The third-order valence-corrected chi connectivity index (χ3v) is 7.06. The topological polar surface area (TPSA) is 68.6 Å². The molecule has 5 nitrogen and oxygen atoms in total. The number of esters is 1. The highest BCUT2D eigenvalue weighted by Crippen LogP contribution is 2.46. The van der Waals surface area contributed by atoms with Crippen LogP contribution in [0.5, 0.6) is 0 Å². The molecule has 32 heavy (non-hydrogen) atoms. The van der Waals surface area contributed by atoms with Gasteiger partial charge in [-0.15, -0.1) is 0 Å². The molecule has 1 fully saturated rings. The first-order chi connectivity index (χ1) is 15.6. The van der Waals surface area contributed by atoms with Crippen molar-refractivity contribution in [3.05, 3.63) is 77.3 Å². The minimum Gasteiger partial charge on any atom is -0.462 e. The Balaban J connectivity index is 1.53. The van der Waals surface area contributed by atoms with E-state index in [0.717, 1.165) is 48.2 Å². The lowest BCUT2D eigenvalue weighted by molar-refractivity contribution is -0.151. The smallest absolute Gasteiger partial charge is 0.315 e. The minimum absolute atomic E-state index is 0.0201. The van der Waals surface area contributed by atoms with Crippen LogP contribution in [-0.4, -0.2) is 28.6 Å². The van der Waals surface area contributed by atoms with Crippen LogP contribution in [0.15, 0.2) is 71.1 Å². The molecule has 0 saturated heterocycles. The third kappa shape index (κ3) is 3.92. The second-order valence-electron chi connectivity index (χ2n) is 9.13. The number of rotatable bonds is 4. The number of pyridine rings is 1. The standard InChI is InChI=1S/C27H28N2O3/c1-17-24(27(31)32-21-9-5-6-10-21)25(19-11-13-28-14-12-19)26-22(29-17)15-20(16-23(26)30)18-7-3-2-4-8-18/h2-4,7-8,11-14,20-21,24-25H,5-6,9-10,15-16H2,1H3/t20-,24?,25-/m1/s1. The molecule has 0 amide bonds. The van der Waals surface area contributed by atoms with Gasteiger partial charge in [-0.3, -0.25) is 19.6 Å². The Kier molecular flexibility index (Phi) is 5.73. The van der Waals surface area contributed by atoms with Crippen LogP contribution in [0.1, 0.15) is 68.4 Å². The molecule has 5 rings (SSSR count). The SMILES string of the molecule is CC1=NC2=C(C(=O)C[C@H](c3ccccc3)C2)[C@H](c2ccncc2)C1C(=O)OC1CCCC1. The maximum atomic E-state index is 13.5. The molecule has 164 valence electrons. The molecular formula is C27H28N2O3. The largest absolute Gasteiger partial charge is 0.462 e. The Morgan fingerprint density at radius 3 is 2.41 bits per heavy atom. The van der Waals surface area contributed by atoms with Gasteiger partial charge in [0.15, 0.2) is 5.78 Å². The molecule has 1 aromatic carbocycles. The van der Waals surface area contributed by atoms with Gasteiger partial charge in [-0.2, -0.15) is 0 Å². The zero-order chi connectivity index (χ0) is 22.1. The number of benzene rings is 1. The van der Waals surface area contributed by atoms with Gasteiger partial charge >= 0.3 is 5.97 Å². The van der Waals surface area contributed by atoms with Crippen molar-refractivity contribution in [1.29, 1.82) is 0 Å². The molecule has 2 heterocycles. The summed E-state index contributed by atoms with van der Waals surface area (Å²) in [6, 6.07) is 14.0. The average molecular weight is 429 g/mol. The third-order valence-electron chi connectivity index (χ3n) is 7.06. The zero-order valence-electron chi connectivity index (χ0n) is 18.4. The maximum absolute atomic E-state index is 13.5. The molecule has 2 aliphatic carbocycles. The summed E-state index contributed by atoms with van der Waals surface area (Å²) in [6.45, 7) is 1.90. The molecule has 0 radical (unpaired) electrons. The van der Waals surface area contributed by atoms with Crippen molar-refractivity contribution in [2.24, 2.45) is 10.9 Å². The fourth-order valence-corrected chi connectivity index (χ4v) is 5.50. The van der Waals surface area contributed by atoms with Crippen molar-refractivity contribution in [3.8, 4) is 0 Å². The van der Waals surface area contributed by atoms with Gasteiger partial charge in [-0.05, 0) is 68.2 Å². The van der Waals surface area contributed by atoms with Gasteiger partial charge in [0.1, 0.15) is 12.0 Å². The first-order valence-corrected chi connectivity index (χ1v) is 11.6. The van der Waals surface area contributed by atoms with E-state index in [1.165, 1.54) is 0 Å². The number of hydrogen-bond donors (Lipinski definition) is 0. The second-order valence-corrected chi connectivity index (χ2v) is 9.13. The summed E-state index contributed by atoms with van der Waals surface area (Å²) in [5, 5.41) is 0. The van der Waals surface area contributed by atoms with Crippen molar-refractivity contribution < 1.29 is 14.3 Å². The molecule has 2 aromatic rings. The molecular weight excluding hydrogens is 400 g/mol. The summed E-state index contributed by atoms with van der Waals surface area (Å²) in [7, 11) is 0. The van der Waals surface area contributed by atoms with Crippen LogP contribution >= 0.6 is 0 Å². The number of carbonyl (C=O) groups excluding carboxylic acids is 2. The number of aliphatic imine (C=N–C) groups is 1. The summed E-state index contributed by atoms with van der Waals surface area (Å²) < 4.78 is 5.91. The molecule has 0 N–H and O–H groups in total. The molecule has 3 atom stereocenters. The lowest BCUT2D eigenvalue weighted by Crippen LogP contribution is -2.39. The number of Topliss-reactive ketones (excluding diaryl/α,β-unsaturated/α-hetero) is 1. The van der Waals surface area contributed by atoms with E-state index in [-0.39, 0.29) is 29.7 Å². The Morgan fingerprint density at radius 2 is 1.69 bits per heavy atom. The summed E-state index contributed by atoms with van der Waals surface area (Å²) >= 11 is 0. The molecule has 0 spiro atoms. The molecule has 5 heteroatoms. The summed E-state index contributed by atoms with van der Waals surface area (Å²) in [5.41, 5.74) is 4.31. The highest BCUT2D eigenvalue weighted by atomic mass is 16.5. The quantitative estimate of drug-likeness (QED) is 0.632. The zero-order valence-corrected chi connectivity index (χ0v) is 18.4. The Morgan fingerprint density at radius 1 is 0.969 bits per heavy atom. The van der Waals surface area contributed by atoms with Gasteiger partial charge in [0.2, 0.25) is 0 Å². The number of carbonyl (C=O) groups is 2. The first kappa shape index (κ1) is 20.8. The van der Waals surface area contributed by atoms with Crippen LogP contribution in [0.3, 0.4) is 0 Å². The van der Waals surface area contributed by atoms with Crippen molar-refractivity contribution in [3.63, 3.8) is 0 Å². The fraction of sp³-hybridized carbons (Fsp3) is 0.407. The first-order valence-electron chi connectivity index (χ1n) is 11.6. The van der Waals surface area contributed by atoms with Gasteiger partial charge in [0.25, 0.3) is 0 Å². The molecule has 3 aliphatic rings. The van der Waals surface area contributed by atoms with Crippen LogP contribution in [0.2, 0.25) is 0 Å². The van der Waals surface area contributed by atoms with Crippen molar-refractivity contribution in [1.82, 2.24) is 4.98 Å². The van der Waals surface area contributed by atoms with E-state index in [1.807, 2.05) is 37.3 Å². The second kappa shape index (κ2) is 8.81. The molecule has 1 saturated carbocycles. The summed E-state index contributed by atoms with van der Waals surface area (Å²) in [4.78, 5) is 35.9. The average Bonchev–Trinajstić information content (AvgIpc) is 3.32. The molecule has 1 aliphatic heterocycles. The highest BCUT2D eigenvalue weighted by molar-refractivity contribution is 6.09. The monoisotopic (exact) mass is 428 g/mol.